The summed E-state index contributed by atoms with van der Waals surface area (Å²) in [7, 11) is 0. The molecule has 2 aromatic heterocycles. The second-order valence-corrected chi connectivity index (χ2v) is 4.51. The third-order valence-electron chi connectivity index (χ3n) is 3.34. The predicted octanol–water partition coefficient (Wildman–Crippen LogP) is 1.49. The summed E-state index contributed by atoms with van der Waals surface area (Å²) in [4.78, 5) is 0. The van der Waals surface area contributed by atoms with E-state index in [-0.39, 0.29) is 6.04 Å². The Hall–Kier alpha value is -1.69. The number of nitrogens with one attached hydrogen (secondary N) is 2. The van der Waals surface area contributed by atoms with Crippen molar-refractivity contribution >= 4 is 0 Å². The maximum absolute atomic E-state index is 3.97. The molecule has 0 saturated heterocycles. The van der Waals surface area contributed by atoms with Gasteiger partial charge in [-0.3, -0.25) is 0 Å². The van der Waals surface area contributed by atoms with Gasteiger partial charge >= 0.3 is 0 Å². The number of rotatable bonds is 5. The first-order chi connectivity index (χ1) is 8.63. The lowest BCUT2D eigenvalue weighted by Crippen LogP contribution is -2.19. The average Bonchev–Trinajstić information content (AvgIpc) is 2.95. The van der Waals surface area contributed by atoms with Crippen molar-refractivity contribution in [1.29, 1.82) is 0 Å². The van der Waals surface area contributed by atoms with Crippen LogP contribution in [0.4, 0.5) is 0 Å². The van der Waals surface area contributed by atoms with Crippen LogP contribution in [0.2, 0.25) is 0 Å². The molecule has 98 valence electrons. The fourth-order valence-corrected chi connectivity index (χ4v) is 2.25. The van der Waals surface area contributed by atoms with Gasteiger partial charge in [-0.1, -0.05) is 5.21 Å². The Kier molecular flexibility index (Phi) is 3.76. The molecule has 0 fully saturated rings. The first-order valence-corrected chi connectivity index (χ1v) is 6.25. The maximum atomic E-state index is 3.97. The molecule has 1 atom stereocenters. The highest BCUT2D eigenvalue weighted by Gasteiger charge is 2.12. The first kappa shape index (κ1) is 12.8. The van der Waals surface area contributed by atoms with Crippen LogP contribution in [-0.4, -0.2) is 25.2 Å². The second-order valence-electron chi connectivity index (χ2n) is 4.51. The fourth-order valence-electron chi connectivity index (χ4n) is 2.25. The fraction of sp³-hybridized carbons (Fsp3) is 0.583. The maximum Gasteiger partial charge on any atom is 0.191 e. The Labute approximate surface area is 107 Å². The summed E-state index contributed by atoms with van der Waals surface area (Å²) in [5, 5.41) is 17.4. The quantitative estimate of drug-likeness (QED) is 0.841. The van der Waals surface area contributed by atoms with Gasteiger partial charge < -0.3 is 9.88 Å². The molecule has 0 aliphatic carbocycles. The number of tetrazole rings is 1. The summed E-state index contributed by atoms with van der Waals surface area (Å²) in [5.41, 5.74) is 3.95. The van der Waals surface area contributed by atoms with Crippen LogP contribution >= 0.6 is 0 Å². The van der Waals surface area contributed by atoms with Crippen LogP contribution in [0.25, 0.3) is 0 Å². The highest BCUT2D eigenvalue weighted by molar-refractivity contribution is 5.26. The van der Waals surface area contributed by atoms with Crippen LogP contribution in [0.5, 0.6) is 0 Å². The number of nitrogens with zero attached hydrogens (tertiary/aromatic N) is 4. The third kappa shape index (κ3) is 2.43. The topological polar surface area (TPSA) is 71.4 Å². The van der Waals surface area contributed by atoms with Crippen LogP contribution in [0.15, 0.2) is 6.07 Å². The summed E-state index contributed by atoms with van der Waals surface area (Å²) in [6, 6.07) is 2.32. The Morgan fingerprint density at radius 1 is 1.44 bits per heavy atom. The molecule has 0 saturated carbocycles. The van der Waals surface area contributed by atoms with Crippen molar-refractivity contribution in [2.45, 2.75) is 46.8 Å². The summed E-state index contributed by atoms with van der Waals surface area (Å²) in [6.45, 7) is 10.3. The van der Waals surface area contributed by atoms with Gasteiger partial charge in [-0.2, -0.15) is 5.21 Å². The number of aromatic nitrogens is 5. The average molecular weight is 248 g/mol. The Morgan fingerprint density at radius 2 is 2.22 bits per heavy atom. The first-order valence-electron chi connectivity index (χ1n) is 6.25. The van der Waals surface area contributed by atoms with E-state index in [0.717, 1.165) is 13.1 Å². The van der Waals surface area contributed by atoms with Crippen molar-refractivity contribution in [1.82, 2.24) is 30.5 Å². The lowest BCUT2D eigenvalue weighted by Gasteiger charge is -2.10. The van der Waals surface area contributed by atoms with Gasteiger partial charge in [-0.15, -0.1) is 10.2 Å². The minimum atomic E-state index is 0.0911. The van der Waals surface area contributed by atoms with Gasteiger partial charge in [0.1, 0.15) is 0 Å². The van der Waals surface area contributed by atoms with Crippen molar-refractivity contribution in [3.05, 3.63) is 28.8 Å². The predicted molar refractivity (Wildman–Crippen MR) is 69.0 cm³/mol. The molecule has 0 aliphatic rings. The standard InChI is InChI=1S/C12H20N6/c1-5-18-8(2)6-11(10(18)4)7-13-9(3)12-14-16-17-15-12/h6,9,13H,5,7H2,1-4H3,(H,14,15,16,17). The number of H-pyrrole nitrogens is 1. The van der Waals surface area contributed by atoms with Gasteiger partial charge in [0, 0.05) is 24.5 Å². The second kappa shape index (κ2) is 5.30. The summed E-state index contributed by atoms with van der Waals surface area (Å²) in [6.07, 6.45) is 0. The van der Waals surface area contributed by atoms with E-state index in [2.05, 4.69) is 57.3 Å². The van der Waals surface area contributed by atoms with Crippen LogP contribution in [0.1, 0.15) is 42.7 Å². The van der Waals surface area contributed by atoms with E-state index in [1.54, 1.807) is 0 Å². The lowest BCUT2D eigenvalue weighted by atomic mass is 10.2. The Morgan fingerprint density at radius 3 is 2.78 bits per heavy atom. The van der Waals surface area contributed by atoms with Crippen LogP contribution in [0.3, 0.4) is 0 Å². The molecular formula is C12H20N6. The molecule has 2 aromatic rings. The van der Waals surface area contributed by atoms with Gasteiger partial charge in [-0.05, 0) is 39.3 Å². The lowest BCUT2D eigenvalue weighted by molar-refractivity contribution is 0.544. The largest absolute Gasteiger partial charge is 0.349 e. The van der Waals surface area contributed by atoms with E-state index in [4.69, 9.17) is 0 Å². The SMILES string of the molecule is CCn1c(C)cc(CNC(C)c2nn[nH]n2)c1C. The molecule has 2 rings (SSSR count). The van der Waals surface area contributed by atoms with Crippen LogP contribution in [0, 0.1) is 13.8 Å². The van der Waals surface area contributed by atoms with Gasteiger partial charge in [0.25, 0.3) is 0 Å². The van der Waals surface area contributed by atoms with E-state index in [1.807, 2.05) is 6.92 Å². The molecule has 2 N–H and O–H groups in total. The van der Waals surface area contributed by atoms with Crippen molar-refractivity contribution in [3.8, 4) is 0 Å². The van der Waals surface area contributed by atoms with E-state index in [1.165, 1.54) is 17.0 Å². The Bertz CT molecular complexity index is 499. The van der Waals surface area contributed by atoms with E-state index in [0.29, 0.717) is 5.82 Å². The molecule has 0 amide bonds. The summed E-state index contributed by atoms with van der Waals surface area (Å²) in [5.74, 6) is 0.694. The molecule has 6 nitrogen and oxygen atoms in total. The molecule has 0 aliphatic heterocycles. The summed E-state index contributed by atoms with van der Waals surface area (Å²) >= 11 is 0. The van der Waals surface area contributed by atoms with Crippen molar-refractivity contribution in [2.75, 3.05) is 0 Å². The Balaban J connectivity index is 2.02. The molecule has 6 heteroatoms. The molecule has 0 radical (unpaired) electrons. The molecule has 0 spiro atoms. The molecule has 2 heterocycles. The van der Waals surface area contributed by atoms with Gasteiger partial charge in [0.05, 0.1) is 6.04 Å². The third-order valence-corrected chi connectivity index (χ3v) is 3.34. The number of hydrogen-bond donors (Lipinski definition) is 2. The molecule has 0 bridgehead atoms. The number of aryl methyl sites for hydroxylation is 1. The molecule has 1 unspecified atom stereocenters. The van der Waals surface area contributed by atoms with E-state index in [9.17, 15) is 0 Å². The molecule has 0 aromatic carbocycles. The van der Waals surface area contributed by atoms with Crippen molar-refractivity contribution < 1.29 is 0 Å². The molecule has 18 heavy (non-hydrogen) atoms. The number of aromatic amines is 1. The van der Waals surface area contributed by atoms with Crippen molar-refractivity contribution in [3.63, 3.8) is 0 Å². The highest BCUT2D eigenvalue weighted by atomic mass is 15.5. The van der Waals surface area contributed by atoms with Gasteiger partial charge in [0.2, 0.25) is 0 Å². The number of hydrogen-bond acceptors (Lipinski definition) is 4. The van der Waals surface area contributed by atoms with Crippen LogP contribution in [-0.2, 0) is 13.1 Å². The zero-order valence-corrected chi connectivity index (χ0v) is 11.4. The zero-order chi connectivity index (χ0) is 13.1. The van der Waals surface area contributed by atoms with Crippen LogP contribution < -0.4 is 5.32 Å². The van der Waals surface area contributed by atoms with Crippen molar-refractivity contribution in [2.24, 2.45) is 0 Å². The monoisotopic (exact) mass is 248 g/mol. The van der Waals surface area contributed by atoms with E-state index >= 15 is 0 Å². The van der Waals surface area contributed by atoms with Gasteiger partial charge in [-0.25, -0.2) is 0 Å². The van der Waals surface area contributed by atoms with E-state index < -0.39 is 0 Å². The minimum Gasteiger partial charge on any atom is -0.349 e. The minimum absolute atomic E-state index is 0.0911. The normalized spacial score (nSPS) is 12.9. The summed E-state index contributed by atoms with van der Waals surface area (Å²) < 4.78 is 2.32. The highest BCUT2D eigenvalue weighted by Crippen LogP contribution is 2.16. The smallest absolute Gasteiger partial charge is 0.191 e. The zero-order valence-electron chi connectivity index (χ0n) is 11.4. The van der Waals surface area contributed by atoms with Gasteiger partial charge in [0.15, 0.2) is 5.82 Å². The molecular weight excluding hydrogens is 228 g/mol.